The van der Waals surface area contributed by atoms with E-state index in [1.54, 1.807) is 4.90 Å². The number of anilines is 1. The smallest absolute Gasteiger partial charge is 0.227 e. The van der Waals surface area contributed by atoms with Crippen molar-refractivity contribution in [2.45, 2.75) is 46.7 Å². The number of benzene rings is 3. The number of hydrogen-bond donors (Lipinski definition) is 0. The van der Waals surface area contributed by atoms with Gasteiger partial charge in [0.05, 0.1) is 13.0 Å². The predicted molar refractivity (Wildman–Crippen MR) is 135 cm³/mol. The van der Waals surface area contributed by atoms with E-state index >= 15 is 0 Å². The van der Waals surface area contributed by atoms with Gasteiger partial charge in [0.15, 0.2) is 0 Å². The van der Waals surface area contributed by atoms with E-state index in [1.165, 1.54) is 5.56 Å². The summed E-state index contributed by atoms with van der Waals surface area (Å²) in [5.74, 6) is 0.416. The summed E-state index contributed by atoms with van der Waals surface area (Å²) in [5, 5.41) is 0. The van der Waals surface area contributed by atoms with E-state index < -0.39 is 0 Å². The van der Waals surface area contributed by atoms with Crippen molar-refractivity contribution >= 4 is 17.5 Å². The van der Waals surface area contributed by atoms with E-state index in [-0.39, 0.29) is 17.7 Å². The molecule has 0 saturated carbocycles. The van der Waals surface area contributed by atoms with Crippen molar-refractivity contribution in [1.82, 2.24) is 4.90 Å². The molecule has 0 aromatic heterocycles. The monoisotopic (exact) mass is 442 g/mol. The second-order valence-corrected chi connectivity index (χ2v) is 9.15. The largest absolute Gasteiger partial charge is 0.341 e. The quantitative estimate of drug-likeness (QED) is 0.422. The van der Waals surface area contributed by atoms with Crippen LogP contribution in [0, 0.1) is 12.8 Å². The lowest BCUT2D eigenvalue weighted by atomic mass is 10.1. The van der Waals surface area contributed by atoms with E-state index in [0.717, 1.165) is 22.4 Å². The van der Waals surface area contributed by atoms with Crippen LogP contribution in [0.25, 0.3) is 0 Å². The molecule has 0 N–H and O–H groups in total. The first-order valence-corrected chi connectivity index (χ1v) is 11.5. The molecule has 0 aliphatic heterocycles. The first-order chi connectivity index (χ1) is 15.8. The van der Waals surface area contributed by atoms with Crippen molar-refractivity contribution in [3.63, 3.8) is 0 Å². The van der Waals surface area contributed by atoms with Crippen molar-refractivity contribution in [1.29, 1.82) is 0 Å². The fourth-order valence-electron chi connectivity index (χ4n) is 3.75. The average molecular weight is 443 g/mol. The number of hydrogen-bond acceptors (Lipinski definition) is 2. The van der Waals surface area contributed by atoms with Gasteiger partial charge in [0.1, 0.15) is 0 Å². The van der Waals surface area contributed by atoms with Crippen molar-refractivity contribution in [3.05, 3.63) is 101 Å². The first kappa shape index (κ1) is 24.2. The van der Waals surface area contributed by atoms with E-state index in [0.29, 0.717) is 25.9 Å². The normalized spacial score (nSPS) is 10.8. The summed E-state index contributed by atoms with van der Waals surface area (Å²) in [5.41, 5.74) is 5.12. The van der Waals surface area contributed by atoms with Gasteiger partial charge in [-0.3, -0.25) is 9.59 Å². The SMILES string of the molecule is Cc1ccc(CN(C(=O)CC(C)C)c2cccc(CC(=O)N(C)Cc3ccccc3)c2)cc1. The summed E-state index contributed by atoms with van der Waals surface area (Å²) >= 11 is 0. The summed E-state index contributed by atoms with van der Waals surface area (Å²) in [6, 6.07) is 26.1. The molecule has 0 radical (unpaired) electrons. The average Bonchev–Trinajstić information content (AvgIpc) is 2.79. The number of nitrogens with zero attached hydrogens (tertiary/aromatic N) is 2. The highest BCUT2D eigenvalue weighted by molar-refractivity contribution is 5.93. The summed E-state index contributed by atoms with van der Waals surface area (Å²) in [6.45, 7) is 7.25. The van der Waals surface area contributed by atoms with Gasteiger partial charge in [0.2, 0.25) is 11.8 Å². The van der Waals surface area contributed by atoms with Crippen molar-refractivity contribution in [3.8, 4) is 0 Å². The number of aryl methyl sites for hydroxylation is 1. The Labute approximate surface area is 197 Å². The third-order valence-electron chi connectivity index (χ3n) is 5.61. The molecule has 0 saturated heterocycles. The number of likely N-dealkylation sites (N-methyl/N-ethyl adjacent to an activating group) is 1. The summed E-state index contributed by atoms with van der Waals surface area (Å²) in [4.78, 5) is 29.6. The molecule has 2 amide bonds. The Morgan fingerprint density at radius 2 is 1.39 bits per heavy atom. The van der Waals surface area contributed by atoms with Gasteiger partial charge in [-0.25, -0.2) is 0 Å². The molecule has 3 rings (SSSR count). The minimum Gasteiger partial charge on any atom is -0.341 e. The first-order valence-electron chi connectivity index (χ1n) is 11.5. The van der Waals surface area contributed by atoms with Crippen molar-refractivity contribution in [2.24, 2.45) is 5.92 Å². The summed E-state index contributed by atoms with van der Waals surface area (Å²) < 4.78 is 0. The summed E-state index contributed by atoms with van der Waals surface area (Å²) in [6.07, 6.45) is 0.781. The maximum atomic E-state index is 13.1. The zero-order valence-electron chi connectivity index (χ0n) is 20.1. The molecule has 0 unspecified atom stereocenters. The molecule has 172 valence electrons. The molecule has 3 aromatic carbocycles. The zero-order valence-corrected chi connectivity index (χ0v) is 20.1. The summed E-state index contributed by atoms with van der Waals surface area (Å²) in [7, 11) is 1.83. The molecular weight excluding hydrogens is 408 g/mol. The van der Waals surface area contributed by atoms with E-state index in [9.17, 15) is 9.59 Å². The molecule has 0 heterocycles. The molecule has 33 heavy (non-hydrogen) atoms. The minimum atomic E-state index is 0.0506. The van der Waals surface area contributed by atoms with Crippen molar-refractivity contribution in [2.75, 3.05) is 11.9 Å². The molecule has 3 aromatic rings. The fourth-order valence-corrected chi connectivity index (χ4v) is 3.75. The molecule has 4 heteroatoms. The second kappa shape index (κ2) is 11.5. The Morgan fingerprint density at radius 1 is 0.758 bits per heavy atom. The van der Waals surface area contributed by atoms with Gasteiger partial charge in [0.25, 0.3) is 0 Å². The van der Waals surface area contributed by atoms with Crippen LogP contribution in [0.1, 0.15) is 42.5 Å². The van der Waals surface area contributed by atoms with Gasteiger partial charge in [-0.05, 0) is 41.7 Å². The lowest BCUT2D eigenvalue weighted by molar-refractivity contribution is -0.129. The Bertz CT molecular complexity index is 1060. The Hall–Kier alpha value is -3.40. The van der Waals surface area contributed by atoms with Gasteiger partial charge >= 0.3 is 0 Å². The number of rotatable bonds is 9. The molecular formula is C29H34N2O2. The molecule has 0 fully saturated rings. The third-order valence-corrected chi connectivity index (χ3v) is 5.61. The van der Waals surface area contributed by atoms with E-state index in [1.807, 2.05) is 66.5 Å². The van der Waals surface area contributed by atoms with Crippen LogP contribution in [0.15, 0.2) is 78.9 Å². The predicted octanol–water partition coefficient (Wildman–Crippen LogP) is 5.78. The Kier molecular flexibility index (Phi) is 8.42. The molecule has 0 atom stereocenters. The van der Waals surface area contributed by atoms with E-state index in [2.05, 4.69) is 45.0 Å². The topological polar surface area (TPSA) is 40.6 Å². The molecule has 0 aliphatic carbocycles. The van der Waals surface area contributed by atoms with Crippen LogP contribution < -0.4 is 4.90 Å². The number of carbonyl (C=O) groups is 2. The van der Waals surface area contributed by atoms with Crippen LogP contribution in [-0.2, 0) is 29.1 Å². The standard InChI is InChI=1S/C29H34N2O2/c1-22(2)17-29(33)31(21-25-15-13-23(3)14-16-25)27-12-8-11-26(18-27)19-28(32)30(4)20-24-9-6-5-7-10-24/h5-16,18,22H,17,19-21H2,1-4H3. The van der Waals surface area contributed by atoms with Crippen LogP contribution in [0.5, 0.6) is 0 Å². The number of amides is 2. The van der Waals surface area contributed by atoms with Crippen LogP contribution in [0.4, 0.5) is 5.69 Å². The van der Waals surface area contributed by atoms with Gasteiger partial charge in [-0.1, -0.05) is 86.1 Å². The third kappa shape index (κ3) is 7.31. The fraction of sp³-hybridized carbons (Fsp3) is 0.310. The number of carbonyl (C=O) groups excluding carboxylic acids is 2. The lowest BCUT2D eigenvalue weighted by Gasteiger charge is -2.25. The Morgan fingerprint density at radius 3 is 2.06 bits per heavy atom. The maximum absolute atomic E-state index is 13.1. The highest BCUT2D eigenvalue weighted by atomic mass is 16.2. The molecule has 0 bridgehead atoms. The highest BCUT2D eigenvalue weighted by Gasteiger charge is 2.19. The molecule has 4 nitrogen and oxygen atoms in total. The Balaban J connectivity index is 1.76. The van der Waals surface area contributed by atoms with Crippen LogP contribution in [-0.4, -0.2) is 23.8 Å². The van der Waals surface area contributed by atoms with Crippen LogP contribution in [0.3, 0.4) is 0 Å². The van der Waals surface area contributed by atoms with Gasteiger partial charge < -0.3 is 9.80 Å². The van der Waals surface area contributed by atoms with Crippen LogP contribution >= 0.6 is 0 Å². The highest BCUT2D eigenvalue weighted by Crippen LogP contribution is 2.22. The minimum absolute atomic E-state index is 0.0506. The zero-order chi connectivity index (χ0) is 23.8. The maximum Gasteiger partial charge on any atom is 0.227 e. The van der Waals surface area contributed by atoms with Crippen molar-refractivity contribution < 1.29 is 9.59 Å². The molecule has 0 spiro atoms. The lowest BCUT2D eigenvalue weighted by Crippen LogP contribution is -2.31. The van der Waals surface area contributed by atoms with Crippen LogP contribution in [0.2, 0.25) is 0 Å². The van der Waals surface area contributed by atoms with Gasteiger partial charge in [-0.15, -0.1) is 0 Å². The van der Waals surface area contributed by atoms with Gasteiger partial charge in [-0.2, -0.15) is 0 Å². The second-order valence-electron chi connectivity index (χ2n) is 9.15. The van der Waals surface area contributed by atoms with Gasteiger partial charge in [0, 0.05) is 25.7 Å². The van der Waals surface area contributed by atoms with E-state index in [4.69, 9.17) is 0 Å². The molecule has 0 aliphatic rings.